The number of aryl methyl sites for hydroxylation is 1. The summed E-state index contributed by atoms with van der Waals surface area (Å²) < 4.78 is 1.59. The predicted molar refractivity (Wildman–Crippen MR) is 83.6 cm³/mol. The van der Waals surface area contributed by atoms with Crippen LogP contribution in [0.4, 0.5) is 0 Å². The fourth-order valence-electron chi connectivity index (χ4n) is 2.29. The molecule has 1 heterocycles. The molecule has 23 heavy (non-hydrogen) atoms. The molecule has 0 radical (unpaired) electrons. The summed E-state index contributed by atoms with van der Waals surface area (Å²) in [5, 5.41) is 19.3. The zero-order valence-electron chi connectivity index (χ0n) is 12.8. The number of nitrogens with zero attached hydrogens (tertiary/aromatic N) is 3. The normalized spacial score (nSPS) is 11.8. The Bertz CT molecular complexity index is 614. The number of aliphatic carboxylic acids is 1. The summed E-state index contributed by atoms with van der Waals surface area (Å²) in [5.41, 5.74) is 1.07. The topological polar surface area (TPSA) is 97.1 Å². The number of carboxylic acid groups (broad SMARTS) is 1. The molecule has 1 aromatic carbocycles. The van der Waals surface area contributed by atoms with Gasteiger partial charge in [-0.25, -0.2) is 0 Å². The average Bonchev–Trinajstić information content (AvgIpc) is 3.05. The number of aromatic nitrogens is 3. The molecule has 0 saturated heterocycles. The first-order valence-corrected chi connectivity index (χ1v) is 7.52. The van der Waals surface area contributed by atoms with Gasteiger partial charge in [0, 0.05) is 25.1 Å². The highest BCUT2D eigenvalue weighted by atomic mass is 16.4. The van der Waals surface area contributed by atoms with Crippen LogP contribution < -0.4 is 5.32 Å². The van der Waals surface area contributed by atoms with Gasteiger partial charge in [-0.3, -0.25) is 14.3 Å². The number of carboxylic acids is 1. The minimum absolute atomic E-state index is 0.0286. The van der Waals surface area contributed by atoms with E-state index in [-0.39, 0.29) is 24.8 Å². The Kier molecular flexibility index (Phi) is 6.28. The number of carbonyl (C=O) groups excluding carboxylic acids is 1. The number of benzene rings is 1. The van der Waals surface area contributed by atoms with Gasteiger partial charge < -0.3 is 10.4 Å². The third kappa shape index (κ3) is 6.29. The van der Waals surface area contributed by atoms with E-state index in [1.54, 1.807) is 17.1 Å². The van der Waals surface area contributed by atoms with Gasteiger partial charge in [0.15, 0.2) is 0 Å². The number of nitrogens with one attached hydrogen (secondary N) is 1. The van der Waals surface area contributed by atoms with Gasteiger partial charge >= 0.3 is 5.97 Å². The second-order valence-electron chi connectivity index (χ2n) is 5.30. The molecule has 0 aliphatic carbocycles. The Morgan fingerprint density at radius 1 is 1.22 bits per heavy atom. The van der Waals surface area contributed by atoms with Crippen LogP contribution in [-0.4, -0.2) is 38.0 Å². The first-order valence-electron chi connectivity index (χ1n) is 7.52. The number of amides is 1. The van der Waals surface area contributed by atoms with Gasteiger partial charge in [-0.15, -0.1) is 5.10 Å². The largest absolute Gasteiger partial charge is 0.481 e. The van der Waals surface area contributed by atoms with E-state index in [2.05, 4.69) is 15.6 Å². The monoisotopic (exact) mass is 316 g/mol. The molecule has 2 N–H and O–H groups in total. The highest BCUT2D eigenvalue weighted by molar-refractivity contribution is 5.76. The zero-order valence-corrected chi connectivity index (χ0v) is 12.8. The standard InChI is InChI=1S/C16H20N4O3/c21-15(8-10-20-11-9-17-19-20)18-14(6-7-16(22)23)12-13-4-2-1-3-5-13/h1-5,9,11,14H,6-8,10,12H2,(H,18,21)(H,22,23). The van der Waals surface area contributed by atoms with Crippen LogP contribution in [0.1, 0.15) is 24.8 Å². The summed E-state index contributed by atoms with van der Waals surface area (Å²) in [6.07, 6.45) is 4.58. The Labute approximate surface area is 134 Å². The first kappa shape index (κ1) is 16.7. The van der Waals surface area contributed by atoms with Crippen LogP contribution in [0.3, 0.4) is 0 Å². The third-order valence-corrected chi connectivity index (χ3v) is 3.44. The van der Waals surface area contributed by atoms with Gasteiger partial charge in [0.2, 0.25) is 5.91 Å². The van der Waals surface area contributed by atoms with Crippen LogP contribution >= 0.6 is 0 Å². The number of carbonyl (C=O) groups is 2. The smallest absolute Gasteiger partial charge is 0.303 e. The van der Waals surface area contributed by atoms with E-state index in [1.807, 2.05) is 30.3 Å². The molecule has 1 unspecified atom stereocenters. The maximum atomic E-state index is 12.1. The van der Waals surface area contributed by atoms with Crippen LogP contribution in [0.15, 0.2) is 42.7 Å². The molecule has 0 spiro atoms. The Hall–Kier alpha value is -2.70. The lowest BCUT2D eigenvalue weighted by Crippen LogP contribution is -2.37. The molecule has 122 valence electrons. The van der Waals surface area contributed by atoms with Crippen molar-refractivity contribution in [3.63, 3.8) is 0 Å². The van der Waals surface area contributed by atoms with E-state index in [9.17, 15) is 9.59 Å². The van der Waals surface area contributed by atoms with Gasteiger partial charge in [-0.05, 0) is 18.4 Å². The van der Waals surface area contributed by atoms with Crippen molar-refractivity contribution in [3.05, 3.63) is 48.3 Å². The van der Waals surface area contributed by atoms with Gasteiger partial charge in [-0.1, -0.05) is 35.5 Å². The molecule has 7 nitrogen and oxygen atoms in total. The highest BCUT2D eigenvalue weighted by Gasteiger charge is 2.15. The van der Waals surface area contributed by atoms with E-state index in [0.717, 1.165) is 5.56 Å². The number of hydrogen-bond acceptors (Lipinski definition) is 4. The van der Waals surface area contributed by atoms with E-state index in [1.165, 1.54) is 0 Å². The van der Waals surface area contributed by atoms with E-state index in [0.29, 0.717) is 19.4 Å². The van der Waals surface area contributed by atoms with Gasteiger partial charge in [-0.2, -0.15) is 0 Å². The van der Waals surface area contributed by atoms with Crippen molar-refractivity contribution in [1.29, 1.82) is 0 Å². The summed E-state index contributed by atoms with van der Waals surface area (Å²) in [7, 11) is 0. The molecule has 1 amide bonds. The maximum absolute atomic E-state index is 12.1. The van der Waals surface area contributed by atoms with Gasteiger partial charge in [0.25, 0.3) is 0 Å². The quantitative estimate of drug-likeness (QED) is 0.726. The molecule has 0 aliphatic heterocycles. The van der Waals surface area contributed by atoms with Gasteiger partial charge in [0.05, 0.1) is 12.7 Å². The van der Waals surface area contributed by atoms with Crippen LogP contribution in [-0.2, 0) is 22.6 Å². The van der Waals surface area contributed by atoms with Crippen molar-refractivity contribution in [3.8, 4) is 0 Å². The molecule has 1 aromatic heterocycles. The van der Waals surface area contributed by atoms with Crippen LogP contribution in [0.25, 0.3) is 0 Å². The van der Waals surface area contributed by atoms with Crippen molar-refractivity contribution in [1.82, 2.24) is 20.3 Å². The van der Waals surface area contributed by atoms with Crippen molar-refractivity contribution < 1.29 is 14.7 Å². The maximum Gasteiger partial charge on any atom is 0.303 e. The summed E-state index contributed by atoms with van der Waals surface area (Å²) >= 11 is 0. The lowest BCUT2D eigenvalue weighted by molar-refractivity contribution is -0.137. The lowest BCUT2D eigenvalue weighted by atomic mass is 10.0. The molecule has 2 aromatic rings. The average molecular weight is 316 g/mol. The second kappa shape index (κ2) is 8.67. The lowest BCUT2D eigenvalue weighted by Gasteiger charge is -2.18. The minimum Gasteiger partial charge on any atom is -0.481 e. The number of rotatable bonds is 9. The van der Waals surface area contributed by atoms with Crippen molar-refractivity contribution in [2.75, 3.05) is 0 Å². The number of hydrogen-bond donors (Lipinski definition) is 2. The van der Waals surface area contributed by atoms with Crippen molar-refractivity contribution >= 4 is 11.9 Å². The van der Waals surface area contributed by atoms with E-state index < -0.39 is 5.97 Å². The van der Waals surface area contributed by atoms with Crippen molar-refractivity contribution in [2.24, 2.45) is 0 Å². The summed E-state index contributed by atoms with van der Waals surface area (Å²) in [5.74, 6) is -0.980. The van der Waals surface area contributed by atoms with Crippen LogP contribution in [0, 0.1) is 0 Å². The zero-order chi connectivity index (χ0) is 16.5. The fraction of sp³-hybridized carbons (Fsp3) is 0.375. The molecular formula is C16H20N4O3. The Morgan fingerprint density at radius 3 is 2.65 bits per heavy atom. The first-order chi connectivity index (χ1) is 11.1. The van der Waals surface area contributed by atoms with Gasteiger partial charge in [0.1, 0.15) is 0 Å². The summed E-state index contributed by atoms with van der Waals surface area (Å²) in [4.78, 5) is 22.9. The SMILES string of the molecule is O=C(O)CCC(Cc1ccccc1)NC(=O)CCn1ccnn1. The molecule has 2 rings (SSSR count). The fourth-order valence-corrected chi connectivity index (χ4v) is 2.29. The minimum atomic E-state index is -0.861. The van der Waals surface area contributed by atoms with E-state index in [4.69, 9.17) is 5.11 Å². The molecule has 0 fully saturated rings. The molecule has 7 heteroatoms. The molecule has 0 saturated carbocycles. The highest BCUT2D eigenvalue weighted by Crippen LogP contribution is 2.08. The molecular weight excluding hydrogens is 296 g/mol. The van der Waals surface area contributed by atoms with Crippen LogP contribution in [0.2, 0.25) is 0 Å². The third-order valence-electron chi connectivity index (χ3n) is 3.44. The Balaban J connectivity index is 1.87. The predicted octanol–water partition coefficient (Wildman–Crippen LogP) is 1.26. The van der Waals surface area contributed by atoms with Crippen molar-refractivity contribution in [2.45, 2.75) is 38.3 Å². The van der Waals surface area contributed by atoms with E-state index >= 15 is 0 Å². The summed E-state index contributed by atoms with van der Waals surface area (Å²) in [6.45, 7) is 0.447. The molecule has 0 bridgehead atoms. The molecule has 1 atom stereocenters. The van der Waals surface area contributed by atoms with Crippen LogP contribution in [0.5, 0.6) is 0 Å². The Morgan fingerprint density at radius 2 is 2.00 bits per heavy atom. The second-order valence-corrected chi connectivity index (χ2v) is 5.30. The molecule has 0 aliphatic rings. The summed E-state index contributed by atoms with van der Waals surface area (Å²) in [6, 6.07) is 9.51.